The van der Waals surface area contributed by atoms with Gasteiger partial charge in [-0.25, -0.2) is 14.4 Å². The molecule has 19 heteroatoms. The molecule has 18 nitrogen and oxygen atoms in total. The minimum atomic E-state index is -1.57. The first-order valence-electron chi connectivity index (χ1n) is 21.3. The van der Waals surface area contributed by atoms with Crippen molar-refractivity contribution in [2.45, 2.75) is 74.6 Å². The predicted octanol–water partition coefficient (Wildman–Crippen LogP) is 5.68. The first-order valence-corrected chi connectivity index (χ1v) is 22.4. The number of amides is 1. The maximum absolute atomic E-state index is 15.1. The van der Waals surface area contributed by atoms with Gasteiger partial charge in [-0.1, -0.05) is 31.4 Å². The molecule has 7 heterocycles. The van der Waals surface area contributed by atoms with Crippen molar-refractivity contribution in [3.8, 4) is 46.3 Å². The summed E-state index contributed by atoms with van der Waals surface area (Å²) in [4.78, 5) is 59.0. The van der Waals surface area contributed by atoms with Crippen LogP contribution in [0.15, 0.2) is 43.5 Å². The Labute approximate surface area is 384 Å². The number of ether oxygens (including phenoxy) is 9. The smallest absolute Gasteiger partial charge is 0.504 e. The van der Waals surface area contributed by atoms with E-state index in [2.05, 4.69) is 24.5 Å². The summed E-state index contributed by atoms with van der Waals surface area (Å²) in [5, 5.41) is 26.3. The standard InChI is InChI=1S/C47H48N4O14S/c1-8-12-59-45(55)51-28-15-26-14-22(3)39(58-7)38(53)33(26)36(51)37-43-35-34(42-41(62-21-63-42)23(4)40(35)64-24(5)52)30(50(37)29(28)18-48)19-61-44(54)47(20-66-43)27-17-31(57-6)32(16-25(27)10-11-49-47)65-46(56)60-13-9-2/h8-9,14,16-17,28-30,36-37,43,49,53H,1-2,10-13,15,19-21H2,3-7H3/t28-,29-,30-,36+,37?,43+,47+/m0/s1. The van der Waals surface area contributed by atoms with Crippen LogP contribution >= 0.6 is 11.8 Å². The van der Waals surface area contributed by atoms with Crippen LogP contribution in [0, 0.1) is 25.2 Å². The second kappa shape index (κ2) is 17.3. The Bertz CT molecular complexity index is 2630. The zero-order valence-electron chi connectivity index (χ0n) is 36.9. The molecule has 7 aliphatic heterocycles. The fourth-order valence-electron chi connectivity index (χ4n) is 10.7. The van der Waals surface area contributed by atoms with Gasteiger partial charge in [-0.05, 0) is 61.1 Å². The number of piperazine rings is 1. The number of rotatable bonds is 8. The number of hydrogen-bond donors (Lipinski definition) is 2. The summed E-state index contributed by atoms with van der Waals surface area (Å²) in [6, 6.07) is 2.88. The highest BCUT2D eigenvalue weighted by atomic mass is 32.2. The van der Waals surface area contributed by atoms with Crippen LogP contribution < -0.4 is 33.7 Å². The first-order chi connectivity index (χ1) is 31.8. The molecule has 4 bridgehead atoms. The van der Waals surface area contributed by atoms with Crippen LogP contribution in [0.1, 0.15) is 68.8 Å². The monoisotopic (exact) mass is 924 g/mol. The Hall–Kier alpha value is -6.62. The molecule has 3 aromatic carbocycles. The van der Waals surface area contributed by atoms with Crippen molar-refractivity contribution in [1.82, 2.24) is 15.1 Å². The average molecular weight is 925 g/mol. The van der Waals surface area contributed by atoms with Crippen LogP contribution in [0.4, 0.5) is 9.59 Å². The molecule has 0 aliphatic carbocycles. The molecular formula is C47H48N4O14S. The summed E-state index contributed by atoms with van der Waals surface area (Å²) in [5.41, 5.74) is 2.83. The van der Waals surface area contributed by atoms with Crippen molar-refractivity contribution >= 4 is 35.9 Å². The van der Waals surface area contributed by atoms with Gasteiger partial charge in [0.25, 0.3) is 0 Å². The van der Waals surface area contributed by atoms with Gasteiger partial charge in [-0.15, -0.1) is 11.8 Å². The molecule has 3 aromatic rings. The third-order valence-electron chi connectivity index (χ3n) is 13.2. The number of phenols is 1. The van der Waals surface area contributed by atoms with Gasteiger partial charge in [-0.2, -0.15) is 5.26 Å². The molecule has 7 atom stereocenters. The second-order valence-corrected chi connectivity index (χ2v) is 17.8. The maximum Gasteiger partial charge on any atom is 0.514 e. The van der Waals surface area contributed by atoms with Crippen molar-refractivity contribution in [3.05, 3.63) is 88.0 Å². The van der Waals surface area contributed by atoms with Crippen molar-refractivity contribution in [2.75, 3.05) is 53.1 Å². The van der Waals surface area contributed by atoms with Crippen LogP contribution in [0.2, 0.25) is 0 Å². The zero-order valence-corrected chi connectivity index (χ0v) is 37.7. The predicted molar refractivity (Wildman–Crippen MR) is 234 cm³/mol. The van der Waals surface area contributed by atoms with Gasteiger partial charge in [0.2, 0.25) is 6.79 Å². The van der Waals surface area contributed by atoms with E-state index in [0.29, 0.717) is 69.0 Å². The number of aromatic hydroxyl groups is 1. The lowest BCUT2D eigenvalue weighted by Crippen LogP contribution is -2.71. The van der Waals surface area contributed by atoms with Gasteiger partial charge in [0, 0.05) is 41.5 Å². The molecule has 7 aliphatic rings. The highest BCUT2D eigenvalue weighted by Crippen LogP contribution is 2.65. The number of carbonyl (C=O) groups is 4. The number of fused-ring (bicyclic) bond motifs is 9. The van der Waals surface area contributed by atoms with E-state index in [0.717, 1.165) is 0 Å². The first kappa shape index (κ1) is 44.6. The topological polar surface area (TPSA) is 214 Å². The Morgan fingerprint density at radius 2 is 1.74 bits per heavy atom. The number of nitrogens with one attached hydrogen (secondary N) is 1. The van der Waals surface area contributed by atoms with Gasteiger partial charge in [0.05, 0.1) is 49.7 Å². The van der Waals surface area contributed by atoms with E-state index in [1.54, 1.807) is 19.1 Å². The van der Waals surface area contributed by atoms with Crippen molar-refractivity contribution < 1.29 is 66.9 Å². The van der Waals surface area contributed by atoms with Crippen LogP contribution in [-0.4, -0.2) is 110 Å². The Balaban J connectivity index is 1.30. The summed E-state index contributed by atoms with van der Waals surface area (Å²) in [5.74, 6) is -0.178. The van der Waals surface area contributed by atoms with Gasteiger partial charge in [0.1, 0.15) is 31.6 Å². The van der Waals surface area contributed by atoms with E-state index in [1.165, 1.54) is 50.0 Å². The molecule has 0 aromatic heterocycles. The molecule has 1 spiro atoms. The lowest BCUT2D eigenvalue weighted by atomic mass is 9.71. The number of aryl methyl sites for hydroxylation is 1. The SMILES string of the molecule is C=CCOC(=O)Oc1cc2c(cc1OC)[C@@]1(CS[C@@H]3c4c(OC(C)=O)c(C)c5c(c4[C@H](COC1=O)N1C3[C@H]3c4c(cc(C)c(OC)c4O)C[C@@H]([C@@H]1C#N)N3C(=O)OCC=C)OCO5)NCC2. The number of thioether (sulfide) groups is 1. The third-order valence-corrected chi connectivity index (χ3v) is 14.6. The van der Waals surface area contributed by atoms with Crippen LogP contribution in [0.25, 0.3) is 0 Å². The minimum absolute atomic E-state index is 0.0416. The fourth-order valence-corrected chi connectivity index (χ4v) is 12.4. The molecule has 2 saturated heterocycles. The Morgan fingerprint density at radius 3 is 2.45 bits per heavy atom. The molecule has 346 valence electrons. The van der Waals surface area contributed by atoms with Crippen molar-refractivity contribution in [2.24, 2.45) is 0 Å². The molecule has 0 radical (unpaired) electrons. The number of nitriles is 1. The lowest BCUT2D eigenvalue weighted by Gasteiger charge is -2.62. The van der Waals surface area contributed by atoms with E-state index in [1.807, 2.05) is 17.9 Å². The van der Waals surface area contributed by atoms with E-state index in [4.69, 9.17) is 42.6 Å². The summed E-state index contributed by atoms with van der Waals surface area (Å²) in [6.45, 7) is 11.7. The number of esters is 2. The van der Waals surface area contributed by atoms with E-state index < -0.39 is 65.2 Å². The molecular weight excluding hydrogens is 877 g/mol. The number of hydrogen-bond acceptors (Lipinski definition) is 18. The lowest BCUT2D eigenvalue weighted by molar-refractivity contribution is -0.157. The molecule has 2 fully saturated rings. The molecule has 2 N–H and O–H groups in total. The number of benzene rings is 3. The highest BCUT2D eigenvalue weighted by molar-refractivity contribution is 7.99. The minimum Gasteiger partial charge on any atom is -0.504 e. The summed E-state index contributed by atoms with van der Waals surface area (Å²) >= 11 is 1.31. The number of nitrogens with zero attached hydrogens (tertiary/aromatic N) is 3. The molecule has 10 rings (SSSR count). The van der Waals surface area contributed by atoms with E-state index in [-0.39, 0.29) is 67.5 Å². The molecule has 1 amide bonds. The van der Waals surface area contributed by atoms with Crippen LogP contribution in [-0.2, 0) is 42.2 Å². The van der Waals surface area contributed by atoms with E-state index >= 15 is 4.79 Å². The summed E-state index contributed by atoms with van der Waals surface area (Å²) in [7, 11) is 2.85. The average Bonchev–Trinajstić information content (AvgIpc) is 3.79. The van der Waals surface area contributed by atoms with E-state index in [9.17, 15) is 24.8 Å². The largest absolute Gasteiger partial charge is 0.514 e. The maximum atomic E-state index is 15.1. The Kier molecular flexibility index (Phi) is 11.7. The Morgan fingerprint density at radius 1 is 0.985 bits per heavy atom. The van der Waals surface area contributed by atoms with Crippen LogP contribution in [0.5, 0.6) is 40.2 Å². The summed E-state index contributed by atoms with van der Waals surface area (Å²) < 4.78 is 52.8. The zero-order chi connectivity index (χ0) is 46.8. The highest BCUT2D eigenvalue weighted by Gasteiger charge is 2.63. The number of phenolic OH excluding ortho intramolecular Hbond substituents is 1. The molecule has 1 unspecified atom stereocenters. The second-order valence-electron chi connectivity index (χ2n) is 16.6. The van der Waals surface area contributed by atoms with Gasteiger partial charge >= 0.3 is 24.2 Å². The molecule has 0 saturated carbocycles. The quantitative estimate of drug-likeness (QED) is 0.0915. The van der Waals surface area contributed by atoms with Gasteiger partial charge in [-0.3, -0.25) is 19.9 Å². The fraction of sp³-hybridized carbons (Fsp3) is 0.426. The molecule has 66 heavy (non-hydrogen) atoms. The van der Waals surface area contributed by atoms with Crippen molar-refractivity contribution in [1.29, 1.82) is 5.26 Å². The van der Waals surface area contributed by atoms with Gasteiger partial charge in [0.15, 0.2) is 40.0 Å². The summed E-state index contributed by atoms with van der Waals surface area (Å²) in [6.07, 6.45) is 1.72. The third kappa shape index (κ3) is 6.83. The number of methoxy groups -OCH3 is 2. The number of carbonyl (C=O) groups excluding carboxylic acids is 4. The normalized spacial score (nSPS) is 25.4. The van der Waals surface area contributed by atoms with Crippen molar-refractivity contribution in [3.63, 3.8) is 0 Å². The van der Waals surface area contributed by atoms with Crippen LogP contribution in [0.3, 0.4) is 0 Å². The van der Waals surface area contributed by atoms with Gasteiger partial charge < -0.3 is 47.7 Å².